The van der Waals surface area contributed by atoms with E-state index in [9.17, 15) is 9.90 Å². The number of hydrogen-bond acceptors (Lipinski definition) is 4. The van der Waals surface area contributed by atoms with E-state index >= 15 is 0 Å². The Kier molecular flexibility index (Phi) is 4.71. The minimum absolute atomic E-state index is 0.0465. The van der Waals surface area contributed by atoms with Crippen LogP contribution in [0, 0.1) is 11.8 Å². The Morgan fingerprint density at radius 3 is 2.32 bits per heavy atom. The lowest BCUT2D eigenvalue weighted by molar-refractivity contribution is -0.212. The second-order valence-electron chi connectivity index (χ2n) is 8.71. The van der Waals surface area contributed by atoms with Crippen molar-refractivity contribution < 1.29 is 19.4 Å². The van der Waals surface area contributed by atoms with Gasteiger partial charge in [-0.1, -0.05) is 30.3 Å². The fraction of sp³-hybridized carbons (Fsp3) is 0.667. The van der Waals surface area contributed by atoms with Gasteiger partial charge in [-0.25, -0.2) is 0 Å². The molecule has 4 heteroatoms. The highest BCUT2D eigenvalue weighted by atomic mass is 16.6. The summed E-state index contributed by atoms with van der Waals surface area (Å²) in [6, 6.07) is 10.3. The summed E-state index contributed by atoms with van der Waals surface area (Å²) in [7, 11) is 1.76. The molecular weight excluding hydrogens is 316 g/mol. The first-order chi connectivity index (χ1) is 11.7. The molecule has 0 aliphatic heterocycles. The third kappa shape index (κ3) is 3.47. The van der Waals surface area contributed by atoms with Crippen LogP contribution < -0.4 is 0 Å². The van der Waals surface area contributed by atoms with E-state index in [2.05, 4.69) is 12.1 Å². The van der Waals surface area contributed by atoms with Crippen LogP contribution in [0.5, 0.6) is 0 Å². The number of carbonyl (C=O) groups excluding carboxylic acids is 1. The zero-order valence-electron chi connectivity index (χ0n) is 15.7. The van der Waals surface area contributed by atoms with Gasteiger partial charge in [0.2, 0.25) is 0 Å². The largest absolute Gasteiger partial charge is 0.460 e. The monoisotopic (exact) mass is 346 g/mol. The third-order valence-electron chi connectivity index (χ3n) is 5.93. The van der Waals surface area contributed by atoms with Crippen molar-refractivity contribution in [3.05, 3.63) is 35.9 Å². The molecule has 138 valence electrons. The topological polar surface area (TPSA) is 55.8 Å². The van der Waals surface area contributed by atoms with Gasteiger partial charge in [-0.05, 0) is 63.9 Å². The predicted molar refractivity (Wildman–Crippen MR) is 96.0 cm³/mol. The van der Waals surface area contributed by atoms with Gasteiger partial charge in [-0.2, -0.15) is 0 Å². The van der Waals surface area contributed by atoms with Crippen molar-refractivity contribution in [1.82, 2.24) is 0 Å². The van der Waals surface area contributed by atoms with E-state index in [1.54, 1.807) is 7.11 Å². The predicted octanol–water partition coefficient (Wildman–Crippen LogP) is 3.81. The molecule has 4 rings (SSSR count). The maximum Gasteiger partial charge on any atom is 0.309 e. The molecule has 0 unspecified atom stereocenters. The third-order valence-corrected chi connectivity index (χ3v) is 5.93. The highest BCUT2D eigenvalue weighted by molar-refractivity contribution is 5.71. The van der Waals surface area contributed by atoms with Crippen LogP contribution in [0.15, 0.2) is 30.3 Å². The van der Waals surface area contributed by atoms with Gasteiger partial charge in [0.05, 0.1) is 17.6 Å². The number of methoxy groups -OCH3 is 1. The lowest BCUT2D eigenvalue weighted by atomic mass is 9.53. The molecule has 1 aromatic carbocycles. The summed E-state index contributed by atoms with van der Waals surface area (Å²) in [5, 5.41) is 11.2. The van der Waals surface area contributed by atoms with E-state index < -0.39 is 11.2 Å². The van der Waals surface area contributed by atoms with Crippen LogP contribution in [-0.2, 0) is 19.9 Å². The van der Waals surface area contributed by atoms with Crippen molar-refractivity contribution in [1.29, 1.82) is 0 Å². The summed E-state index contributed by atoms with van der Waals surface area (Å²) in [5.74, 6) is -0.0622. The number of aliphatic hydroxyl groups is 1. The van der Waals surface area contributed by atoms with Gasteiger partial charge >= 0.3 is 5.97 Å². The van der Waals surface area contributed by atoms with Gasteiger partial charge in [-0.15, -0.1) is 0 Å². The average Bonchev–Trinajstić information content (AvgIpc) is 2.53. The van der Waals surface area contributed by atoms with Crippen molar-refractivity contribution in [2.45, 2.75) is 69.7 Å². The Morgan fingerprint density at radius 2 is 1.80 bits per heavy atom. The van der Waals surface area contributed by atoms with Crippen LogP contribution in [0.1, 0.15) is 58.4 Å². The molecule has 0 radical (unpaired) electrons. The number of rotatable bonds is 4. The second kappa shape index (κ2) is 6.40. The molecule has 1 N–H and O–H groups in total. The molecule has 3 aliphatic rings. The molecule has 3 fully saturated rings. The number of hydrogen-bond donors (Lipinski definition) is 1. The maximum atomic E-state index is 12.3. The van der Waals surface area contributed by atoms with Crippen LogP contribution in [-0.4, -0.2) is 29.4 Å². The normalized spacial score (nSPS) is 34.8. The summed E-state index contributed by atoms with van der Waals surface area (Å²) in [6.07, 6.45) is 3.35. The Labute approximate surface area is 150 Å². The number of ether oxygens (including phenoxy) is 2. The minimum Gasteiger partial charge on any atom is -0.460 e. The van der Waals surface area contributed by atoms with E-state index in [1.807, 2.05) is 39.0 Å². The molecule has 0 amide bonds. The van der Waals surface area contributed by atoms with Gasteiger partial charge in [0.1, 0.15) is 5.60 Å². The number of carbonyl (C=O) groups is 1. The van der Waals surface area contributed by atoms with Crippen LogP contribution in [0.25, 0.3) is 0 Å². The first-order valence-electron chi connectivity index (χ1n) is 9.23. The molecule has 1 aromatic rings. The van der Waals surface area contributed by atoms with Crippen molar-refractivity contribution >= 4 is 5.97 Å². The Morgan fingerprint density at radius 1 is 1.16 bits per heavy atom. The summed E-state index contributed by atoms with van der Waals surface area (Å²) in [5.41, 5.74) is -0.695. The molecule has 3 aliphatic carbocycles. The van der Waals surface area contributed by atoms with Crippen molar-refractivity contribution in [3.8, 4) is 0 Å². The first kappa shape index (κ1) is 18.4. The van der Waals surface area contributed by atoms with Gasteiger partial charge < -0.3 is 14.6 Å². The van der Waals surface area contributed by atoms with Crippen LogP contribution >= 0.6 is 0 Å². The molecule has 0 heterocycles. The van der Waals surface area contributed by atoms with Crippen molar-refractivity contribution in [2.75, 3.05) is 7.11 Å². The smallest absolute Gasteiger partial charge is 0.309 e. The summed E-state index contributed by atoms with van der Waals surface area (Å²) in [4.78, 5) is 12.3. The molecule has 25 heavy (non-hydrogen) atoms. The lowest BCUT2D eigenvalue weighted by Gasteiger charge is -2.57. The van der Waals surface area contributed by atoms with Gasteiger partial charge in [0.15, 0.2) is 0 Å². The Hall–Kier alpha value is -1.39. The SMILES string of the molecule is CO[C@@]1(c2ccccc2)C[C@H]2CC[C@@H]1C[C@]2(O)CC(=O)OC(C)(C)C. The van der Waals surface area contributed by atoms with Crippen molar-refractivity contribution in [3.63, 3.8) is 0 Å². The van der Waals surface area contributed by atoms with Crippen LogP contribution in [0.2, 0.25) is 0 Å². The minimum atomic E-state index is -0.984. The fourth-order valence-corrected chi connectivity index (χ4v) is 4.87. The number of benzene rings is 1. The fourth-order valence-electron chi connectivity index (χ4n) is 4.87. The number of esters is 1. The molecule has 0 saturated heterocycles. The van der Waals surface area contributed by atoms with E-state index in [0.717, 1.165) is 19.3 Å². The van der Waals surface area contributed by atoms with E-state index in [-0.39, 0.29) is 29.8 Å². The zero-order valence-corrected chi connectivity index (χ0v) is 15.7. The molecule has 4 atom stereocenters. The highest BCUT2D eigenvalue weighted by Crippen LogP contribution is 2.58. The summed E-state index contributed by atoms with van der Waals surface area (Å²) >= 11 is 0. The molecule has 2 bridgehead atoms. The molecule has 0 spiro atoms. The maximum absolute atomic E-state index is 12.3. The van der Waals surface area contributed by atoms with Gasteiger partial charge in [-0.3, -0.25) is 4.79 Å². The zero-order chi connectivity index (χ0) is 18.3. The summed E-state index contributed by atoms with van der Waals surface area (Å²) in [6.45, 7) is 5.56. The summed E-state index contributed by atoms with van der Waals surface area (Å²) < 4.78 is 11.5. The van der Waals surface area contributed by atoms with E-state index in [1.165, 1.54) is 5.56 Å². The van der Waals surface area contributed by atoms with Crippen LogP contribution in [0.4, 0.5) is 0 Å². The number of fused-ring (bicyclic) bond motifs is 3. The van der Waals surface area contributed by atoms with Crippen LogP contribution in [0.3, 0.4) is 0 Å². The molecule has 0 aromatic heterocycles. The lowest BCUT2D eigenvalue weighted by Crippen LogP contribution is -2.58. The van der Waals surface area contributed by atoms with E-state index in [0.29, 0.717) is 6.42 Å². The molecular formula is C21H30O4. The quantitative estimate of drug-likeness (QED) is 0.842. The van der Waals surface area contributed by atoms with Crippen molar-refractivity contribution in [2.24, 2.45) is 11.8 Å². The van der Waals surface area contributed by atoms with Gasteiger partial charge in [0.25, 0.3) is 0 Å². The Bertz CT molecular complexity index is 621. The first-order valence-corrected chi connectivity index (χ1v) is 9.23. The van der Waals surface area contributed by atoms with Gasteiger partial charge in [0, 0.05) is 7.11 Å². The van der Waals surface area contributed by atoms with E-state index in [4.69, 9.17) is 9.47 Å². The highest BCUT2D eigenvalue weighted by Gasteiger charge is 2.58. The second-order valence-corrected chi connectivity index (χ2v) is 8.71. The average molecular weight is 346 g/mol. The molecule has 3 saturated carbocycles. The Balaban J connectivity index is 1.81. The molecule has 4 nitrogen and oxygen atoms in total. The standard InChI is InChI=1S/C21H30O4/c1-19(2,3)25-18(22)14-20(23)12-17-11-10-16(20)13-21(17,24-4)15-8-6-5-7-9-15/h5-9,16-17,23H,10-14H2,1-4H3/t16-,17-,20+,21-/m1/s1.